The maximum absolute atomic E-state index is 5.35. The monoisotopic (exact) mass is 178 g/mol. The molecule has 1 saturated carbocycles. The second kappa shape index (κ2) is 3.32. The van der Waals surface area contributed by atoms with E-state index in [1.807, 2.05) is 19.9 Å². The summed E-state index contributed by atoms with van der Waals surface area (Å²) in [6.45, 7) is 4.62. The highest BCUT2D eigenvalue weighted by molar-refractivity contribution is 5.18. The number of aryl methyl sites for hydroxylation is 1. The summed E-state index contributed by atoms with van der Waals surface area (Å²) in [5.74, 6) is 2.28. The summed E-state index contributed by atoms with van der Waals surface area (Å²) >= 11 is 0. The van der Waals surface area contributed by atoms with Crippen LogP contribution in [0, 0.1) is 6.92 Å². The van der Waals surface area contributed by atoms with E-state index in [0.717, 1.165) is 17.4 Å². The highest BCUT2D eigenvalue weighted by atomic mass is 16.5. The van der Waals surface area contributed by atoms with Crippen LogP contribution in [0.3, 0.4) is 0 Å². The zero-order valence-electron chi connectivity index (χ0n) is 8.08. The Kier molecular flexibility index (Phi) is 2.17. The molecule has 2 rings (SSSR count). The van der Waals surface area contributed by atoms with Gasteiger partial charge < -0.3 is 4.74 Å². The lowest BCUT2D eigenvalue weighted by Crippen LogP contribution is -2.00. The lowest BCUT2D eigenvalue weighted by Gasteiger charge is -2.04. The zero-order chi connectivity index (χ0) is 9.26. The van der Waals surface area contributed by atoms with Gasteiger partial charge in [0.05, 0.1) is 6.61 Å². The van der Waals surface area contributed by atoms with E-state index in [-0.39, 0.29) is 0 Å². The number of hydrogen-bond acceptors (Lipinski definition) is 3. The SMILES string of the molecule is CCOc1cc(C)nc(C2CC2)n1. The van der Waals surface area contributed by atoms with E-state index in [1.54, 1.807) is 0 Å². The number of nitrogens with zero attached hydrogens (tertiary/aromatic N) is 2. The van der Waals surface area contributed by atoms with Crippen LogP contribution in [0.1, 0.15) is 37.2 Å². The van der Waals surface area contributed by atoms with Crippen molar-refractivity contribution in [3.63, 3.8) is 0 Å². The molecule has 0 amide bonds. The summed E-state index contributed by atoms with van der Waals surface area (Å²) < 4.78 is 5.35. The van der Waals surface area contributed by atoms with Crippen LogP contribution in [0.2, 0.25) is 0 Å². The molecule has 0 aromatic carbocycles. The molecule has 1 aromatic heterocycles. The van der Waals surface area contributed by atoms with Crippen molar-refractivity contribution in [2.24, 2.45) is 0 Å². The van der Waals surface area contributed by atoms with E-state index in [0.29, 0.717) is 12.5 Å². The molecule has 1 aromatic rings. The first kappa shape index (κ1) is 8.48. The summed E-state index contributed by atoms with van der Waals surface area (Å²) in [5, 5.41) is 0. The second-order valence-electron chi connectivity index (χ2n) is 3.41. The smallest absolute Gasteiger partial charge is 0.216 e. The fraction of sp³-hybridized carbons (Fsp3) is 0.600. The van der Waals surface area contributed by atoms with Gasteiger partial charge in [0, 0.05) is 17.7 Å². The van der Waals surface area contributed by atoms with E-state index in [2.05, 4.69) is 9.97 Å². The molecule has 1 fully saturated rings. The average Bonchev–Trinajstić information content (AvgIpc) is 2.85. The van der Waals surface area contributed by atoms with Crippen LogP contribution in [-0.2, 0) is 0 Å². The fourth-order valence-corrected chi connectivity index (χ4v) is 1.31. The number of aromatic nitrogens is 2. The van der Waals surface area contributed by atoms with Crippen molar-refractivity contribution in [1.29, 1.82) is 0 Å². The first-order chi connectivity index (χ1) is 6.29. The van der Waals surface area contributed by atoms with E-state index in [9.17, 15) is 0 Å². The molecule has 70 valence electrons. The first-order valence-corrected chi connectivity index (χ1v) is 4.78. The molecule has 0 unspecified atom stereocenters. The molecule has 0 bridgehead atoms. The van der Waals surface area contributed by atoms with Crippen molar-refractivity contribution in [2.75, 3.05) is 6.61 Å². The minimum atomic E-state index is 0.596. The number of ether oxygens (including phenoxy) is 1. The Morgan fingerprint density at radius 2 is 2.23 bits per heavy atom. The van der Waals surface area contributed by atoms with Crippen LogP contribution in [0.4, 0.5) is 0 Å². The van der Waals surface area contributed by atoms with E-state index in [1.165, 1.54) is 12.8 Å². The molecule has 0 spiro atoms. The van der Waals surface area contributed by atoms with Gasteiger partial charge in [-0.15, -0.1) is 0 Å². The van der Waals surface area contributed by atoms with Crippen molar-refractivity contribution in [3.05, 3.63) is 17.6 Å². The predicted octanol–water partition coefficient (Wildman–Crippen LogP) is 2.06. The molecule has 0 N–H and O–H groups in total. The Morgan fingerprint density at radius 3 is 2.85 bits per heavy atom. The summed E-state index contributed by atoms with van der Waals surface area (Å²) in [4.78, 5) is 8.74. The molecular formula is C10H14N2O. The Morgan fingerprint density at radius 1 is 1.46 bits per heavy atom. The summed E-state index contributed by atoms with van der Waals surface area (Å²) in [5.41, 5.74) is 1.00. The van der Waals surface area contributed by atoms with Crippen LogP contribution in [0.15, 0.2) is 6.07 Å². The van der Waals surface area contributed by atoms with Gasteiger partial charge in [0.1, 0.15) is 5.82 Å². The molecule has 1 aliphatic rings. The normalized spacial score (nSPS) is 15.8. The molecule has 3 heteroatoms. The van der Waals surface area contributed by atoms with E-state index < -0.39 is 0 Å². The van der Waals surface area contributed by atoms with E-state index in [4.69, 9.17) is 4.74 Å². The molecule has 1 aliphatic carbocycles. The van der Waals surface area contributed by atoms with Gasteiger partial charge in [-0.3, -0.25) is 0 Å². The van der Waals surface area contributed by atoms with Crippen LogP contribution >= 0.6 is 0 Å². The highest BCUT2D eigenvalue weighted by Gasteiger charge is 2.27. The Balaban J connectivity index is 2.25. The molecule has 13 heavy (non-hydrogen) atoms. The average molecular weight is 178 g/mol. The van der Waals surface area contributed by atoms with Gasteiger partial charge in [0.15, 0.2) is 0 Å². The molecule has 0 radical (unpaired) electrons. The van der Waals surface area contributed by atoms with Crippen molar-refractivity contribution >= 4 is 0 Å². The van der Waals surface area contributed by atoms with Crippen LogP contribution in [-0.4, -0.2) is 16.6 Å². The maximum atomic E-state index is 5.35. The number of rotatable bonds is 3. The molecule has 0 aliphatic heterocycles. The quantitative estimate of drug-likeness (QED) is 0.710. The zero-order valence-corrected chi connectivity index (χ0v) is 8.08. The van der Waals surface area contributed by atoms with Gasteiger partial charge in [0.25, 0.3) is 0 Å². The van der Waals surface area contributed by atoms with Gasteiger partial charge in [0.2, 0.25) is 5.88 Å². The van der Waals surface area contributed by atoms with Gasteiger partial charge >= 0.3 is 0 Å². The van der Waals surface area contributed by atoms with Gasteiger partial charge in [-0.05, 0) is 26.7 Å². The lowest BCUT2D eigenvalue weighted by molar-refractivity contribution is 0.324. The Bertz CT molecular complexity index is 308. The fourth-order valence-electron chi connectivity index (χ4n) is 1.31. The third-order valence-electron chi connectivity index (χ3n) is 2.08. The topological polar surface area (TPSA) is 35.0 Å². The standard InChI is InChI=1S/C10H14N2O/c1-3-13-9-6-7(2)11-10(12-9)8-4-5-8/h6,8H,3-5H2,1-2H3. The van der Waals surface area contributed by atoms with Gasteiger partial charge in [-0.1, -0.05) is 0 Å². The van der Waals surface area contributed by atoms with Crippen LogP contribution in [0.5, 0.6) is 5.88 Å². The largest absolute Gasteiger partial charge is 0.478 e. The van der Waals surface area contributed by atoms with E-state index >= 15 is 0 Å². The minimum Gasteiger partial charge on any atom is -0.478 e. The van der Waals surface area contributed by atoms with Gasteiger partial charge in [-0.2, -0.15) is 4.98 Å². The third kappa shape index (κ3) is 1.97. The summed E-state index contributed by atoms with van der Waals surface area (Å²) in [6, 6.07) is 1.88. The lowest BCUT2D eigenvalue weighted by atomic mass is 10.3. The Labute approximate surface area is 78.2 Å². The second-order valence-corrected chi connectivity index (χ2v) is 3.41. The Hall–Kier alpha value is -1.12. The third-order valence-corrected chi connectivity index (χ3v) is 2.08. The summed E-state index contributed by atoms with van der Waals surface area (Å²) in [7, 11) is 0. The van der Waals surface area contributed by atoms with Gasteiger partial charge in [-0.25, -0.2) is 4.98 Å². The van der Waals surface area contributed by atoms with Crippen molar-refractivity contribution in [2.45, 2.75) is 32.6 Å². The predicted molar refractivity (Wildman–Crippen MR) is 49.9 cm³/mol. The highest BCUT2D eigenvalue weighted by Crippen LogP contribution is 2.38. The molecule has 1 heterocycles. The molecule has 0 atom stereocenters. The summed E-state index contributed by atoms with van der Waals surface area (Å²) in [6.07, 6.45) is 2.46. The molecular weight excluding hydrogens is 164 g/mol. The molecule has 3 nitrogen and oxygen atoms in total. The van der Waals surface area contributed by atoms with Crippen molar-refractivity contribution < 1.29 is 4.74 Å². The molecule has 0 saturated heterocycles. The van der Waals surface area contributed by atoms with Crippen molar-refractivity contribution in [3.8, 4) is 5.88 Å². The van der Waals surface area contributed by atoms with Crippen molar-refractivity contribution in [1.82, 2.24) is 9.97 Å². The van der Waals surface area contributed by atoms with Crippen LogP contribution in [0.25, 0.3) is 0 Å². The first-order valence-electron chi connectivity index (χ1n) is 4.78. The maximum Gasteiger partial charge on any atom is 0.216 e. The number of hydrogen-bond donors (Lipinski definition) is 0. The minimum absolute atomic E-state index is 0.596. The van der Waals surface area contributed by atoms with Crippen LogP contribution < -0.4 is 4.74 Å².